The maximum Gasteiger partial charge on any atom is 0.524 e. The molecule has 5 heterocycles. The third-order valence-electron chi connectivity index (χ3n) is 20.1. The number of halogens is 10. The number of anilines is 1. The zero-order valence-corrected chi connectivity index (χ0v) is 69.5. The molecule has 3 fully saturated rings. The standard InChI is InChI=1S/C79H99F10N12O18P/c1-43-26-48(31-60(102)92-49(32-61(103)117-73(2,3)4)33-62(104)118-74(5,6)7)64(58(27-43)119-120(110,111)112)75(8,9)34-63(105)116-59(40-99(97-68(107)66(95-72(109)114-15)77(12,13)79(87,88)89)39-53-54(80)29-47(30-55(53)81)56-24-25-100(96-56)69(82)83)57(93-67(106)65(94-71(108)113-14)76(10,11)78(84,85)86)28-45-19-16-44(17-20-45)18-21-46-35-90-70(91-36-46)98-37-50-22-23-51(38-98)101(50)52-41-115-42-52/h16-17,19-20,24-27,29-30,35-36,49-52,57,59,65-66,69H,22-23,28,31-34,37-42H2,1-15H3,(H,92,102)(H,93,106)(H,94,108)(H,95,109)(H,97,107)(H2,110,111,112)/t50?,51?,57-,59-,65+,66+/m0/s1. The van der Waals surface area contributed by atoms with Crippen LogP contribution in [0.2, 0.25) is 0 Å². The Morgan fingerprint density at radius 1 is 0.683 bits per heavy atom. The molecule has 30 nitrogen and oxygen atoms in total. The van der Waals surface area contributed by atoms with Crippen molar-refractivity contribution in [1.82, 2.24) is 56.4 Å². The molecule has 7 N–H and O–H groups in total. The van der Waals surface area contributed by atoms with Crippen LogP contribution in [0.3, 0.4) is 0 Å². The van der Waals surface area contributed by atoms with Crippen LogP contribution in [0.15, 0.2) is 73.2 Å². The van der Waals surface area contributed by atoms with Crippen LogP contribution < -0.4 is 36.1 Å². The molecule has 0 saturated carbocycles. The number of phosphoric ester groups is 1. The largest absolute Gasteiger partial charge is 0.524 e. The number of amides is 5. The zero-order valence-electron chi connectivity index (χ0n) is 68.6. The number of alkyl halides is 8. The molecular weight excluding hydrogens is 1630 g/mol. The van der Waals surface area contributed by atoms with Gasteiger partial charge in [-0.15, -0.1) is 0 Å². The van der Waals surface area contributed by atoms with Crippen molar-refractivity contribution in [2.24, 2.45) is 10.8 Å². The van der Waals surface area contributed by atoms with Gasteiger partial charge in [-0.3, -0.25) is 48.9 Å². The molecule has 3 aliphatic heterocycles. The van der Waals surface area contributed by atoms with Crippen molar-refractivity contribution in [3.05, 3.63) is 124 Å². The molecule has 658 valence electrons. The first-order valence-corrected chi connectivity index (χ1v) is 39.4. The highest BCUT2D eigenvalue weighted by Gasteiger charge is 2.58. The first kappa shape index (κ1) is 95.3. The van der Waals surface area contributed by atoms with E-state index < -0.39 is 212 Å². The molecule has 0 radical (unpaired) electrons. The van der Waals surface area contributed by atoms with Gasteiger partial charge in [-0.25, -0.2) is 42.6 Å². The fraction of sp³-hybridized carbons (Fsp3) is 0.557. The average Bonchev–Trinajstić information content (AvgIpc) is 1.49. The Kier molecular flexibility index (Phi) is 30.4. The molecule has 120 heavy (non-hydrogen) atoms. The van der Waals surface area contributed by atoms with Gasteiger partial charge in [-0.2, -0.15) is 40.2 Å². The van der Waals surface area contributed by atoms with Crippen LogP contribution in [0, 0.1) is 41.2 Å². The molecule has 0 spiro atoms. The average molecular weight is 1730 g/mol. The first-order chi connectivity index (χ1) is 55.5. The van der Waals surface area contributed by atoms with E-state index in [0.29, 0.717) is 101 Å². The Hall–Kier alpha value is -10.2. The van der Waals surface area contributed by atoms with Crippen LogP contribution in [0.4, 0.5) is 59.4 Å². The summed E-state index contributed by atoms with van der Waals surface area (Å²) in [6, 6.07) is 2.18. The van der Waals surface area contributed by atoms with Gasteiger partial charge in [-0.05, 0) is 149 Å². The van der Waals surface area contributed by atoms with Gasteiger partial charge < -0.3 is 59.1 Å². The molecular formula is C79H99F10N12O18P. The Balaban J connectivity index is 1.28. The van der Waals surface area contributed by atoms with E-state index in [2.05, 4.69) is 62.2 Å². The van der Waals surface area contributed by atoms with Crippen molar-refractivity contribution in [3.63, 3.8) is 0 Å². The van der Waals surface area contributed by atoms with Crippen LogP contribution in [0.5, 0.6) is 5.75 Å². The van der Waals surface area contributed by atoms with E-state index in [0.717, 1.165) is 45.4 Å². The highest BCUT2D eigenvalue weighted by Crippen LogP contribution is 2.47. The number of piperazine rings is 1. The van der Waals surface area contributed by atoms with E-state index in [1.165, 1.54) is 63.5 Å². The SMILES string of the molecule is COC(=O)N[C@H](C(=O)N[C@@H](Cc1ccc(C#Cc2cnc(N3CC4CCC(C3)N4C3COC3)nc2)cc1)[C@H](CN(Cc1c(F)cc(-c2ccn(C(F)F)n2)cc1F)NC(=O)[C@@H](NC(=O)OC)C(C)(C)C(F)(F)F)OC(=O)CC(C)(C)c1c(CC(=O)NC(CC(=O)OC(C)(C)C)CC(=O)OC(C)(C)C)cc(C)cc1OP(=O)(O)O)C(C)(C)C(F)(F)F. The quantitative estimate of drug-likeness (QED) is 0.00525. The molecule has 5 amide bonds. The number of hydrazine groups is 1. The molecule has 2 aromatic heterocycles. The number of ether oxygens (including phenoxy) is 6. The summed E-state index contributed by atoms with van der Waals surface area (Å²) in [5.74, 6) is -5.20. The second-order valence-electron chi connectivity index (χ2n) is 33.3. The lowest BCUT2D eigenvalue weighted by Crippen LogP contribution is -2.64. The van der Waals surface area contributed by atoms with Crippen molar-refractivity contribution in [3.8, 4) is 28.8 Å². The van der Waals surface area contributed by atoms with E-state index in [-0.39, 0.29) is 32.5 Å². The number of aryl methyl sites for hydroxylation is 1. The van der Waals surface area contributed by atoms with Crippen molar-refractivity contribution < 1.29 is 130 Å². The van der Waals surface area contributed by atoms with Gasteiger partial charge in [0.15, 0.2) is 0 Å². The van der Waals surface area contributed by atoms with E-state index in [4.69, 9.17) is 23.5 Å². The van der Waals surface area contributed by atoms with Crippen LogP contribution >= 0.6 is 7.82 Å². The lowest BCUT2D eigenvalue weighted by molar-refractivity contribution is -0.221. The second-order valence-corrected chi connectivity index (χ2v) is 34.4. The monoisotopic (exact) mass is 1720 g/mol. The summed E-state index contributed by atoms with van der Waals surface area (Å²) < 4.78 is 204. The van der Waals surface area contributed by atoms with Gasteiger partial charge in [0.1, 0.15) is 46.8 Å². The number of rotatable bonds is 32. The highest BCUT2D eigenvalue weighted by atomic mass is 31.2. The normalized spacial score (nSPS) is 16.7. The third-order valence-corrected chi connectivity index (χ3v) is 20.5. The minimum absolute atomic E-state index is 0.0689. The molecule has 0 aliphatic carbocycles. The molecule has 3 aliphatic rings. The fourth-order valence-electron chi connectivity index (χ4n) is 14.0. The summed E-state index contributed by atoms with van der Waals surface area (Å²) in [4.78, 5) is 148. The number of alkyl carbamates (subject to hydrolysis) is 2. The van der Waals surface area contributed by atoms with Crippen molar-refractivity contribution in [2.45, 2.75) is 225 Å². The third kappa shape index (κ3) is 25.7. The van der Waals surface area contributed by atoms with Gasteiger partial charge in [0.2, 0.25) is 17.8 Å². The molecule has 5 aromatic rings. The van der Waals surface area contributed by atoms with Crippen molar-refractivity contribution in [2.75, 3.05) is 52.0 Å². The number of esters is 3. The minimum atomic E-state index is -5.66. The van der Waals surface area contributed by atoms with Gasteiger partial charge in [-0.1, -0.05) is 43.9 Å². The maximum absolute atomic E-state index is 17.0. The van der Waals surface area contributed by atoms with Gasteiger partial charge in [0.25, 0.3) is 5.91 Å². The van der Waals surface area contributed by atoms with E-state index in [9.17, 15) is 51.9 Å². The lowest BCUT2D eigenvalue weighted by Gasteiger charge is -2.47. The number of phosphoric acid groups is 1. The second kappa shape index (κ2) is 38.3. The Morgan fingerprint density at radius 2 is 1.21 bits per heavy atom. The first-order valence-electron chi connectivity index (χ1n) is 37.9. The van der Waals surface area contributed by atoms with Crippen LogP contribution in [0.25, 0.3) is 11.3 Å². The lowest BCUT2D eigenvalue weighted by atomic mass is 9.77. The molecule has 3 saturated heterocycles. The van der Waals surface area contributed by atoms with Crippen molar-refractivity contribution >= 4 is 61.6 Å². The molecule has 6 atom stereocenters. The number of aromatic nitrogens is 4. The summed E-state index contributed by atoms with van der Waals surface area (Å²) in [6.45, 7) is 12.0. The number of benzene rings is 3. The number of carbonyl (C=O) groups is 8. The predicted molar refractivity (Wildman–Crippen MR) is 409 cm³/mol. The van der Waals surface area contributed by atoms with Crippen molar-refractivity contribution in [1.29, 1.82) is 0 Å². The van der Waals surface area contributed by atoms with E-state index in [1.807, 2.05) is 5.32 Å². The van der Waals surface area contributed by atoms with Crippen LogP contribution in [0.1, 0.15) is 161 Å². The molecule has 2 unspecified atom stereocenters. The Morgan fingerprint density at radius 3 is 1.68 bits per heavy atom. The maximum atomic E-state index is 17.0. The summed E-state index contributed by atoms with van der Waals surface area (Å²) in [6.07, 6.45) is -14.4. The topological polar surface area (TPSA) is 372 Å². The zero-order chi connectivity index (χ0) is 89.3. The van der Waals surface area contributed by atoms with Gasteiger partial charge in [0, 0.05) is 84.0 Å². The highest BCUT2D eigenvalue weighted by molar-refractivity contribution is 7.46. The minimum Gasteiger partial charge on any atom is -0.460 e. The van der Waals surface area contributed by atoms with Crippen LogP contribution in [-0.4, -0.2) is 206 Å². The van der Waals surface area contributed by atoms with E-state index >= 15 is 44.7 Å². The summed E-state index contributed by atoms with van der Waals surface area (Å²) in [5, 5.41) is 12.7. The molecule has 41 heteroatoms. The summed E-state index contributed by atoms with van der Waals surface area (Å²) >= 11 is 0. The number of nitrogens with one attached hydrogen (secondary N) is 5. The number of fused-ring (bicyclic) bond motifs is 2. The van der Waals surface area contributed by atoms with Gasteiger partial charge >= 0.3 is 56.8 Å². The number of carbonyl (C=O) groups excluding carboxylic acids is 8. The van der Waals surface area contributed by atoms with Gasteiger partial charge in [0.05, 0.1) is 93.8 Å². The number of hydrogen-bond donors (Lipinski definition) is 7. The number of nitrogens with zero attached hydrogens (tertiary/aromatic N) is 7. The summed E-state index contributed by atoms with van der Waals surface area (Å²) in [7, 11) is -4.19. The Bertz CT molecular complexity index is 4590. The number of methoxy groups -OCH3 is 2. The predicted octanol–water partition coefficient (Wildman–Crippen LogP) is 10.2. The Labute approximate surface area is 685 Å². The van der Waals surface area contributed by atoms with Crippen LogP contribution in [-0.2, 0) is 86.6 Å². The number of hydrogen-bond acceptors (Lipinski definition) is 22. The molecule has 8 rings (SSSR count). The smallest absolute Gasteiger partial charge is 0.460 e. The molecule has 2 bridgehead atoms. The van der Waals surface area contributed by atoms with E-state index in [1.54, 1.807) is 46.9 Å². The summed E-state index contributed by atoms with van der Waals surface area (Å²) in [5.41, 5.74) is -10.3. The molecule has 3 aromatic carbocycles. The fourth-order valence-corrected chi connectivity index (χ4v) is 14.4.